The Morgan fingerprint density at radius 1 is 1.32 bits per heavy atom. The van der Waals surface area contributed by atoms with Crippen LogP contribution in [0.2, 0.25) is 10.0 Å². The maximum atomic E-state index is 11.5. The Morgan fingerprint density at radius 2 is 1.84 bits per heavy atom. The van der Waals surface area contributed by atoms with Crippen molar-refractivity contribution in [1.29, 1.82) is 0 Å². The van der Waals surface area contributed by atoms with Gasteiger partial charge in [-0.25, -0.2) is 9.59 Å². The highest BCUT2D eigenvalue weighted by Gasteiger charge is 2.13. The van der Waals surface area contributed by atoms with E-state index in [9.17, 15) is 9.59 Å². The molecule has 0 amide bonds. The number of carbonyl (C=O) groups is 2. The van der Waals surface area contributed by atoms with E-state index in [2.05, 4.69) is 0 Å². The van der Waals surface area contributed by atoms with Crippen LogP contribution in [0.1, 0.15) is 29.8 Å². The standard InChI is InChI=1S/C13H12Cl2O4/c1-3-19-13(18)7(2)4-9-10(14)5-8(12(16)17)6-11(9)15/h4-6H,3H2,1-2H3,(H,16,17)/b7-4+. The molecule has 0 saturated heterocycles. The van der Waals surface area contributed by atoms with Gasteiger partial charge in [0.05, 0.1) is 22.2 Å². The van der Waals surface area contributed by atoms with Gasteiger partial charge in [0.15, 0.2) is 0 Å². The maximum Gasteiger partial charge on any atom is 0.335 e. The molecule has 4 nitrogen and oxygen atoms in total. The van der Waals surface area contributed by atoms with Crippen molar-refractivity contribution in [3.8, 4) is 0 Å². The predicted molar refractivity (Wildman–Crippen MR) is 73.7 cm³/mol. The molecule has 1 rings (SSSR count). The van der Waals surface area contributed by atoms with Gasteiger partial charge in [0, 0.05) is 11.1 Å². The number of carboxylic acids is 1. The zero-order chi connectivity index (χ0) is 14.6. The third-order valence-corrected chi connectivity index (χ3v) is 2.91. The lowest BCUT2D eigenvalue weighted by molar-refractivity contribution is -0.138. The number of benzene rings is 1. The van der Waals surface area contributed by atoms with Crippen LogP contribution >= 0.6 is 23.2 Å². The van der Waals surface area contributed by atoms with Crippen LogP contribution in [0.3, 0.4) is 0 Å². The van der Waals surface area contributed by atoms with Gasteiger partial charge in [0.1, 0.15) is 0 Å². The number of carbonyl (C=O) groups excluding carboxylic acids is 1. The van der Waals surface area contributed by atoms with Crippen molar-refractivity contribution in [2.75, 3.05) is 6.61 Å². The van der Waals surface area contributed by atoms with Crippen molar-refractivity contribution in [3.63, 3.8) is 0 Å². The van der Waals surface area contributed by atoms with E-state index in [4.69, 9.17) is 33.0 Å². The van der Waals surface area contributed by atoms with Crippen LogP contribution in [-0.4, -0.2) is 23.7 Å². The molecule has 6 heteroatoms. The molecule has 19 heavy (non-hydrogen) atoms. The Labute approximate surface area is 120 Å². The zero-order valence-corrected chi connectivity index (χ0v) is 11.9. The molecular formula is C13H12Cl2O4. The van der Waals surface area contributed by atoms with Gasteiger partial charge < -0.3 is 9.84 Å². The summed E-state index contributed by atoms with van der Waals surface area (Å²) in [6.45, 7) is 3.53. The van der Waals surface area contributed by atoms with Crippen molar-refractivity contribution in [2.45, 2.75) is 13.8 Å². The van der Waals surface area contributed by atoms with Gasteiger partial charge in [-0.05, 0) is 32.1 Å². The fourth-order valence-electron chi connectivity index (χ4n) is 1.37. The monoisotopic (exact) mass is 302 g/mol. The first-order valence-electron chi connectivity index (χ1n) is 5.44. The Balaban J connectivity index is 3.19. The van der Waals surface area contributed by atoms with Gasteiger partial charge in [-0.15, -0.1) is 0 Å². The van der Waals surface area contributed by atoms with E-state index in [0.717, 1.165) is 0 Å². The topological polar surface area (TPSA) is 63.6 Å². The van der Waals surface area contributed by atoms with Crippen molar-refractivity contribution < 1.29 is 19.4 Å². The molecule has 0 aliphatic carbocycles. The number of hydrogen-bond donors (Lipinski definition) is 1. The van der Waals surface area contributed by atoms with E-state index in [1.54, 1.807) is 13.8 Å². The summed E-state index contributed by atoms with van der Waals surface area (Å²) in [6.07, 6.45) is 1.47. The van der Waals surface area contributed by atoms with Gasteiger partial charge in [-0.3, -0.25) is 0 Å². The van der Waals surface area contributed by atoms with Gasteiger partial charge in [-0.2, -0.15) is 0 Å². The normalized spacial score (nSPS) is 11.3. The fourth-order valence-corrected chi connectivity index (χ4v) is 1.96. The van der Waals surface area contributed by atoms with E-state index in [0.29, 0.717) is 11.1 Å². The molecule has 102 valence electrons. The average molecular weight is 303 g/mol. The van der Waals surface area contributed by atoms with E-state index in [-0.39, 0.29) is 22.2 Å². The van der Waals surface area contributed by atoms with Crippen molar-refractivity contribution >= 4 is 41.2 Å². The van der Waals surface area contributed by atoms with E-state index in [1.165, 1.54) is 18.2 Å². The van der Waals surface area contributed by atoms with Crippen molar-refractivity contribution in [3.05, 3.63) is 38.9 Å². The molecule has 0 heterocycles. The van der Waals surface area contributed by atoms with E-state index in [1.807, 2.05) is 0 Å². The first kappa shape index (κ1) is 15.5. The molecule has 0 radical (unpaired) electrons. The number of aromatic carboxylic acids is 1. The number of halogens is 2. The highest BCUT2D eigenvalue weighted by atomic mass is 35.5. The second kappa shape index (κ2) is 6.59. The molecule has 0 fully saturated rings. The molecule has 1 N–H and O–H groups in total. The molecule has 0 unspecified atom stereocenters. The quantitative estimate of drug-likeness (QED) is 0.681. The largest absolute Gasteiger partial charge is 0.478 e. The van der Waals surface area contributed by atoms with Crippen LogP contribution in [0.5, 0.6) is 0 Å². The lowest BCUT2D eigenvalue weighted by atomic mass is 10.1. The zero-order valence-electron chi connectivity index (χ0n) is 10.4. The molecule has 0 aromatic heterocycles. The second-order valence-electron chi connectivity index (χ2n) is 3.71. The summed E-state index contributed by atoms with van der Waals surface area (Å²) in [7, 11) is 0. The van der Waals surface area contributed by atoms with Crippen LogP contribution < -0.4 is 0 Å². The molecule has 1 aromatic rings. The molecule has 1 aromatic carbocycles. The fraction of sp³-hybridized carbons (Fsp3) is 0.231. The lowest BCUT2D eigenvalue weighted by Crippen LogP contribution is -2.05. The number of rotatable bonds is 4. The minimum Gasteiger partial charge on any atom is -0.478 e. The number of hydrogen-bond acceptors (Lipinski definition) is 3. The first-order valence-corrected chi connectivity index (χ1v) is 6.20. The summed E-state index contributed by atoms with van der Waals surface area (Å²) in [6, 6.07) is 2.56. The highest BCUT2D eigenvalue weighted by Crippen LogP contribution is 2.29. The van der Waals surface area contributed by atoms with Crippen LogP contribution in [0, 0.1) is 0 Å². The molecule has 0 saturated carbocycles. The average Bonchev–Trinajstić information content (AvgIpc) is 2.33. The van der Waals surface area contributed by atoms with Crippen molar-refractivity contribution in [1.82, 2.24) is 0 Å². The lowest BCUT2D eigenvalue weighted by Gasteiger charge is -2.06. The highest BCUT2D eigenvalue weighted by molar-refractivity contribution is 6.37. The SMILES string of the molecule is CCOC(=O)/C(C)=C/c1c(Cl)cc(C(=O)O)cc1Cl. The summed E-state index contributed by atoms with van der Waals surface area (Å²) < 4.78 is 4.83. The Hall–Kier alpha value is -1.52. The number of carboxylic acid groups (broad SMARTS) is 1. The Bertz CT molecular complexity index is 527. The van der Waals surface area contributed by atoms with E-state index < -0.39 is 11.9 Å². The van der Waals surface area contributed by atoms with Gasteiger partial charge in [-0.1, -0.05) is 23.2 Å². The maximum absolute atomic E-state index is 11.5. The molecule has 0 spiro atoms. The molecular weight excluding hydrogens is 291 g/mol. The molecule has 0 atom stereocenters. The summed E-state index contributed by atoms with van der Waals surface area (Å²) in [5.74, 6) is -1.60. The smallest absolute Gasteiger partial charge is 0.335 e. The van der Waals surface area contributed by atoms with Gasteiger partial charge >= 0.3 is 11.9 Å². The third kappa shape index (κ3) is 3.98. The van der Waals surface area contributed by atoms with Gasteiger partial charge in [0.2, 0.25) is 0 Å². The number of ether oxygens (including phenoxy) is 1. The minimum atomic E-state index is -1.12. The summed E-state index contributed by atoms with van der Waals surface area (Å²) in [4.78, 5) is 22.3. The summed E-state index contributed by atoms with van der Waals surface area (Å²) >= 11 is 11.9. The predicted octanol–water partition coefficient (Wildman–Crippen LogP) is 3.66. The number of esters is 1. The first-order chi connectivity index (χ1) is 8.86. The van der Waals surface area contributed by atoms with Crippen LogP contribution in [0.4, 0.5) is 0 Å². The molecule has 0 aliphatic rings. The third-order valence-electron chi connectivity index (χ3n) is 2.28. The summed E-state index contributed by atoms with van der Waals surface area (Å²) in [5.41, 5.74) is 0.702. The van der Waals surface area contributed by atoms with Crippen LogP contribution in [0.25, 0.3) is 6.08 Å². The van der Waals surface area contributed by atoms with Crippen LogP contribution in [0.15, 0.2) is 17.7 Å². The van der Waals surface area contributed by atoms with Crippen LogP contribution in [-0.2, 0) is 9.53 Å². The Morgan fingerprint density at radius 3 is 2.26 bits per heavy atom. The molecule has 0 aliphatic heterocycles. The second-order valence-corrected chi connectivity index (χ2v) is 4.52. The van der Waals surface area contributed by atoms with Crippen molar-refractivity contribution in [2.24, 2.45) is 0 Å². The van der Waals surface area contributed by atoms with E-state index >= 15 is 0 Å². The summed E-state index contributed by atoms with van der Waals surface area (Å²) in [5, 5.41) is 9.18. The Kier molecular flexibility index (Phi) is 5.39. The molecule has 0 bridgehead atoms. The minimum absolute atomic E-state index is 0.0130. The van der Waals surface area contributed by atoms with Gasteiger partial charge in [0.25, 0.3) is 0 Å².